The standard InChI is InChI=1S/C19H15N3O3/c1-12-4-2-5-13(8-12)18-22-15(9-20)19(25-18)21-10-14-6-3-7-16-17(14)24-11-23-16/h2-8,21H,10-11H2,1H3. The van der Waals surface area contributed by atoms with Crippen LogP contribution in [0.15, 0.2) is 46.9 Å². The van der Waals surface area contributed by atoms with Gasteiger partial charge in [-0.1, -0.05) is 29.8 Å². The zero-order chi connectivity index (χ0) is 17.2. The maximum atomic E-state index is 9.33. The third kappa shape index (κ3) is 2.88. The van der Waals surface area contributed by atoms with Crippen molar-refractivity contribution < 1.29 is 13.9 Å². The highest BCUT2D eigenvalue weighted by atomic mass is 16.7. The van der Waals surface area contributed by atoms with Crippen LogP contribution >= 0.6 is 0 Å². The lowest BCUT2D eigenvalue weighted by atomic mass is 10.1. The third-order valence-electron chi connectivity index (χ3n) is 3.92. The van der Waals surface area contributed by atoms with Crippen LogP contribution in [0.4, 0.5) is 5.88 Å². The summed E-state index contributed by atoms with van der Waals surface area (Å²) >= 11 is 0. The van der Waals surface area contributed by atoms with Crippen molar-refractivity contribution >= 4 is 5.88 Å². The molecule has 1 N–H and O–H groups in total. The Morgan fingerprint density at radius 3 is 2.92 bits per heavy atom. The lowest BCUT2D eigenvalue weighted by molar-refractivity contribution is 0.173. The number of para-hydroxylation sites is 1. The lowest BCUT2D eigenvalue weighted by Crippen LogP contribution is -2.01. The van der Waals surface area contributed by atoms with Gasteiger partial charge in [-0.05, 0) is 25.1 Å². The van der Waals surface area contributed by atoms with Crippen LogP contribution in [0.2, 0.25) is 0 Å². The number of hydrogen-bond acceptors (Lipinski definition) is 6. The van der Waals surface area contributed by atoms with Crippen LogP contribution in [0, 0.1) is 18.3 Å². The molecule has 2 aromatic carbocycles. The topological polar surface area (TPSA) is 80.3 Å². The summed E-state index contributed by atoms with van der Waals surface area (Å²) in [5, 5.41) is 12.5. The lowest BCUT2D eigenvalue weighted by Gasteiger charge is -2.06. The molecule has 0 amide bonds. The van der Waals surface area contributed by atoms with Crippen molar-refractivity contribution in [3.8, 4) is 29.0 Å². The molecule has 6 heteroatoms. The van der Waals surface area contributed by atoms with E-state index in [2.05, 4.69) is 16.4 Å². The molecule has 6 nitrogen and oxygen atoms in total. The van der Waals surface area contributed by atoms with Crippen molar-refractivity contribution in [2.75, 3.05) is 12.1 Å². The Balaban J connectivity index is 1.59. The smallest absolute Gasteiger partial charge is 0.232 e. The molecule has 1 aliphatic rings. The van der Waals surface area contributed by atoms with Gasteiger partial charge in [-0.15, -0.1) is 0 Å². The third-order valence-corrected chi connectivity index (χ3v) is 3.92. The van der Waals surface area contributed by atoms with Gasteiger partial charge < -0.3 is 19.2 Å². The first kappa shape index (κ1) is 15.1. The number of rotatable bonds is 4. The van der Waals surface area contributed by atoms with E-state index in [9.17, 15) is 5.26 Å². The quantitative estimate of drug-likeness (QED) is 0.781. The minimum absolute atomic E-state index is 0.218. The van der Waals surface area contributed by atoms with Crippen molar-refractivity contribution in [1.82, 2.24) is 4.98 Å². The number of ether oxygens (including phenoxy) is 2. The van der Waals surface area contributed by atoms with E-state index >= 15 is 0 Å². The molecule has 0 saturated carbocycles. The summed E-state index contributed by atoms with van der Waals surface area (Å²) in [6, 6.07) is 15.5. The van der Waals surface area contributed by atoms with Crippen LogP contribution in [0.5, 0.6) is 11.5 Å². The molecule has 25 heavy (non-hydrogen) atoms. The first-order chi connectivity index (χ1) is 12.2. The van der Waals surface area contributed by atoms with Crippen LogP contribution in [0.3, 0.4) is 0 Å². The first-order valence-corrected chi connectivity index (χ1v) is 7.84. The van der Waals surface area contributed by atoms with Crippen LogP contribution in [-0.2, 0) is 6.54 Å². The van der Waals surface area contributed by atoms with Gasteiger partial charge in [0.05, 0.1) is 0 Å². The van der Waals surface area contributed by atoms with Crippen molar-refractivity contribution in [1.29, 1.82) is 5.26 Å². The van der Waals surface area contributed by atoms with E-state index in [1.54, 1.807) is 0 Å². The van der Waals surface area contributed by atoms with Crippen molar-refractivity contribution in [2.45, 2.75) is 13.5 Å². The summed E-state index contributed by atoms with van der Waals surface area (Å²) in [6.45, 7) is 2.65. The number of fused-ring (bicyclic) bond motifs is 1. The molecule has 0 unspecified atom stereocenters. The summed E-state index contributed by atoms with van der Waals surface area (Å²) < 4.78 is 16.6. The van der Waals surface area contributed by atoms with Gasteiger partial charge in [0.1, 0.15) is 6.07 Å². The fourth-order valence-electron chi connectivity index (χ4n) is 2.72. The van der Waals surface area contributed by atoms with Crippen molar-refractivity contribution in [2.24, 2.45) is 0 Å². The Labute approximate surface area is 144 Å². The predicted molar refractivity (Wildman–Crippen MR) is 91.3 cm³/mol. The molecular formula is C19H15N3O3. The summed E-state index contributed by atoms with van der Waals surface area (Å²) in [7, 11) is 0. The number of nitrogens with one attached hydrogen (secondary N) is 1. The fourth-order valence-corrected chi connectivity index (χ4v) is 2.72. The van der Waals surface area contributed by atoms with E-state index in [0.717, 1.165) is 22.4 Å². The minimum Gasteiger partial charge on any atom is -0.454 e. The molecule has 0 bridgehead atoms. The molecule has 0 fully saturated rings. The molecule has 0 radical (unpaired) electrons. The van der Waals surface area contributed by atoms with Gasteiger partial charge in [-0.2, -0.15) is 10.2 Å². The Hall–Kier alpha value is -3.46. The second kappa shape index (κ2) is 6.21. The Morgan fingerprint density at radius 2 is 2.08 bits per heavy atom. The number of anilines is 1. The molecule has 3 aromatic rings. The van der Waals surface area contributed by atoms with E-state index < -0.39 is 0 Å². The van der Waals surface area contributed by atoms with Gasteiger partial charge in [0.15, 0.2) is 11.5 Å². The zero-order valence-electron chi connectivity index (χ0n) is 13.6. The normalized spacial score (nSPS) is 12.0. The molecule has 0 atom stereocenters. The number of aryl methyl sites for hydroxylation is 1. The van der Waals surface area contributed by atoms with Crippen LogP contribution in [0.1, 0.15) is 16.8 Å². The monoisotopic (exact) mass is 333 g/mol. The second-order valence-corrected chi connectivity index (χ2v) is 5.68. The summed E-state index contributed by atoms with van der Waals surface area (Å²) in [4.78, 5) is 4.28. The number of hydrogen-bond donors (Lipinski definition) is 1. The number of nitriles is 1. The molecule has 1 aromatic heterocycles. The molecule has 0 saturated heterocycles. The van der Waals surface area contributed by atoms with E-state index in [4.69, 9.17) is 13.9 Å². The van der Waals surface area contributed by atoms with Crippen LogP contribution in [-0.4, -0.2) is 11.8 Å². The molecule has 124 valence electrons. The Morgan fingerprint density at radius 1 is 1.20 bits per heavy atom. The molecule has 1 aliphatic heterocycles. The van der Waals surface area contributed by atoms with E-state index in [1.165, 1.54) is 0 Å². The maximum Gasteiger partial charge on any atom is 0.232 e. The van der Waals surface area contributed by atoms with E-state index in [-0.39, 0.29) is 12.5 Å². The first-order valence-electron chi connectivity index (χ1n) is 7.84. The Bertz CT molecular complexity index is 972. The zero-order valence-corrected chi connectivity index (χ0v) is 13.6. The summed E-state index contributed by atoms with van der Waals surface area (Å²) in [5.41, 5.74) is 3.08. The van der Waals surface area contributed by atoms with Gasteiger partial charge in [0.25, 0.3) is 0 Å². The fraction of sp³-hybridized carbons (Fsp3) is 0.158. The minimum atomic E-state index is 0.218. The highest BCUT2D eigenvalue weighted by Gasteiger charge is 2.19. The van der Waals surface area contributed by atoms with Crippen molar-refractivity contribution in [3.63, 3.8) is 0 Å². The molecule has 4 rings (SSSR count). The number of nitrogens with zero attached hydrogens (tertiary/aromatic N) is 2. The maximum absolute atomic E-state index is 9.33. The summed E-state index contributed by atoms with van der Waals surface area (Å²) in [5.74, 6) is 2.20. The van der Waals surface area contributed by atoms with Gasteiger partial charge in [-0.3, -0.25) is 0 Å². The van der Waals surface area contributed by atoms with Gasteiger partial charge in [-0.25, -0.2) is 0 Å². The second-order valence-electron chi connectivity index (χ2n) is 5.68. The van der Waals surface area contributed by atoms with Gasteiger partial charge in [0, 0.05) is 17.7 Å². The molecule has 0 spiro atoms. The number of aromatic nitrogens is 1. The van der Waals surface area contributed by atoms with Gasteiger partial charge >= 0.3 is 0 Å². The van der Waals surface area contributed by atoms with Crippen LogP contribution < -0.4 is 14.8 Å². The van der Waals surface area contributed by atoms with E-state index in [1.807, 2.05) is 49.4 Å². The van der Waals surface area contributed by atoms with Crippen LogP contribution in [0.25, 0.3) is 11.5 Å². The molecular weight excluding hydrogens is 318 g/mol. The van der Waals surface area contributed by atoms with Crippen molar-refractivity contribution in [3.05, 3.63) is 59.3 Å². The number of oxazole rings is 1. The highest BCUT2D eigenvalue weighted by molar-refractivity contribution is 5.60. The number of benzene rings is 2. The highest BCUT2D eigenvalue weighted by Crippen LogP contribution is 2.36. The summed E-state index contributed by atoms with van der Waals surface area (Å²) in [6.07, 6.45) is 0. The molecule has 0 aliphatic carbocycles. The average Bonchev–Trinajstić information content (AvgIpc) is 3.26. The largest absolute Gasteiger partial charge is 0.454 e. The SMILES string of the molecule is Cc1cccc(-c2nc(C#N)c(NCc3cccc4c3OCO4)o2)c1. The molecule has 2 heterocycles. The van der Waals surface area contributed by atoms with E-state index in [0.29, 0.717) is 24.1 Å². The average molecular weight is 333 g/mol. The Kier molecular flexibility index (Phi) is 3.75. The van der Waals surface area contributed by atoms with Gasteiger partial charge in [0.2, 0.25) is 24.3 Å². The predicted octanol–water partition coefficient (Wildman–Crippen LogP) is 3.86.